The predicted molar refractivity (Wildman–Crippen MR) is 35.6 cm³/mol. The Hall–Kier alpha value is -1.38. The van der Waals surface area contributed by atoms with E-state index in [1.54, 1.807) is 0 Å². The molecule has 1 heterocycles. The van der Waals surface area contributed by atoms with Gasteiger partial charge in [-0.15, -0.1) is 0 Å². The van der Waals surface area contributed by atoms with Gasteiger partial charge in [-0.3, -0.25) is 4.98 Å². The quantitative estimate of drug-likeness (QED) is 0.549. The summed E-state index contributed by atoms with van der Waals surface area (Å²) in [6, 6.07) is -1.41. The van der Waals surface area contributed by atoms with Crippen molar-refractivity contribution in [3.63, 3.8) is 0 Å². The van der Waals surface area contributed by atoms with Gasteiger partial charge < -0.3 is 4.74 Å². The zero-order valence-electron chi connectivity index (χ0n) is 11.8. The lowest BCUT2D eigenvalue weighted by Gasteiger charge is -1.94. The molecule has 3 heteroatoms. The maximum Gasteiger partial charge on any atom is 0.339 e. The summed E-state index contributed by atoms with van der Waals surface area (Å²) in [7, 11) is -3.00. The third kappa shape index (κ3) is 1.31. The molecule has 1 aromatic heterocycles. The fourth-order valence-corrected chi connectivity index (χ4v) is 0.378. The molecule has 0 saturated carbocycles. The Bertz CT molecular complexity index is 470. The molecular formula is C7H7NO2. The van der Waals surface area contributed by atoms with Crippen molar-refractivity contribution < 1.29 is 19.1 Å². The maximum absolute atomic E-state index is 11.4. The van der Waals surface area contributed by atoms with Gasteiger partial charge in [0.15, 0.2) is 0 Å². The zero-order valence-corrected chi connectivity index (χ0v) is 4.76. The monoisotopic (exact) mass is 144 g/mol. The SMILES string of the molecule is [2H]c1nc([2H])c(C(=O)OC([2H])([2H])[2H])c([2H])c1[2H]. The highest BCUT2D eigenvalue weighted by Gasteiger charge is 2.01. The standard InChI is InChI=1S/C7H7NO2/c1-10-7(9)6-3-2-4-8-5-6/h2-5H,1H3/i1D3,2D,3D,4D,5D. The molecule has 0 unspecified atom stereocenters. The number of esters is 1. The number of carbonyl (C=O) groups excluding carboxylic acids is 1. The van der Waals surface area contributed by atoms with Crippen LogP contribution in [0.25, 0.3) is 0 Å². The van der Waals surface area contributed by atoms with Gasteiger partial charge in [-0.2, -0.15) is 0 Å². The maximum atomic E-state index is 11.4. The van der Waals surface area contributed by atoms with E-state index in [4.69, 9.17) is 9.60 Å². The van der Waals surface area contributed by atoms with E-state index in [0.717, 1.165) is 0 Å². The average molecular weight is 144 g/mol. The molecule has 0 aromatic carbocycles. The van der Waals surface area contributed by atoms with Crippen LogP contribution in [0.15, 0.2) is 24.4 Å². The lowest BCUT2D eigenvalue weighted by atomic mass is 10.3. The Labute approximate surface area is 68.5 Å². The smallest absolute Gasteiger partial charge is 0.339 e. The van der Waals surface area contributed by atoms with Crippen LogP contribution in [0.2, 0.25) is 0 Å². The van der Waals surface area contributed by atoms with Crippen molar-refractivity contribution in [2.45, 2.75) is 0 Å². The molecule has 0 fully saturated rings. The number of hydrogen-bond acceptors (Lipinski definition) is 3. The fourth-order valence-electron chi connectivity index (χ4n) is 0.378. The van der Waals surface area contributed by atoms with E-state index in [1.165, 1.54) is 0 Å². The second-order valence-electron chi connectivity index (χ2n) is 1.35. The van der Waals surface area contributed by atoms with Crippen LogP contribution < -0.4 is 0 Å². The topological polar surface area (TPSA) is 39.2 Å². The van der Waals surface area contributed by atoms with Gasteiger partial charge >= 0.3 is 5.97 Å². The molecule has 0 spiro atoms. The molecule has 3 nitrogen and oxygen atoms in total. The highest BCUT2D eigenvalue weighted by molar-refractivity contribution is 5.88. The van der Waals surface area contributed by atoms with Gasteiger partial charge in [-0.1, -0.05) is 0 Å². The predicted octanol–water partition coefficient (Wildman–Crippen LogP) is 0.868. The van der Waals surface area contributed by atoms with Crippen LogP contribution in [0.5, 0.6) is 0 Å². The van der Waals surface area contributed by atoms with Gasteiger partial charge in [0.2, 0.25) is 0 Å². The molecule has 0 aliphatic heterocycles. The van der Waals surface area contributed by atoms with Crippen LogP contribution in [0, 0.1) is 0 Å². The van der Waals surface area contributed by atoms with Crippen LogP contribution in [0.3, 0.4) is 0 Å². The minimum absolute atomic E-state index is 0.634. The normalized spacial score (nSPS) is 20.2. The Morgan fingerprint density at radius 2 is 2.90 bits per heavy atom. The summed E-state index contributed by atoms with van der Waals surface area (Å²) in [5.74, 6) is -1.43. The van der Waals surface area contributed by atoms with Crippen molar-refractivity contribution in [1.82, 2.24) is 4.98 Å². The number of rotatable bonds is 1. The number of pyridine rings is 1. The van der Waals surface area contributed by atoms with Gasteiger partial charge in [-0.05, 0) is 12.1 Å². The second-order valence-corrected chi connectivity index (χ2v) is 1.35. The minimum Gasteiger partial charge on any atom is -0.465 e. The van der Waals surface area contributed by atoms with E-state index in [2.05, 4.69) is 9.72 Å². The van der Waals surface area contributed by atoms with E-state index in [0.29, 0.717) is 0 Å². The van der Waals surface area contributed by atoms with E-state index in [1.807, 2.05) is 0 Å². The number of carbonyl (C=O) groups is 1. The lowest BCUT2D eigenvalue weighted by Crippen LogP contribution is -2.00. The van der Waals surface area contributed by atoms with Gasteiger partial charge in [0.25, 0.3) is 0 Å². The van der Waals surface area contributed by atoms with Gasteiger partial charge in [0, 0.05) is 12.3 Å². The molecule has 0 amide bonds. The number of aromatic nitrogens is 1. The first kappa shape index (κ1) is 2.05. The first-order valence-corrected chi connectivity index (χ1v) is 2.31. The minimum atomic E-state index is -3.00. The zero-order chi connectivity index (χ0) is 13.4. The van der Waals surface area contributed by atoms with Crippen LogP contribution in [-0.2, 0) is 4.74 Å². The van der Waals surface area contributed by atoms with E-state index in [9.17, 15) is 4.79 Å². The number of hydrogen-bond donors (Lipinski definition) is 0. The molecule has 0 aliphatic rings. The van der Waals surface area contributed by atoms with Crippen LogP contribution in [0.1, 0.15) is 20.0 Å². The molecule has 1 rings (SSSR count). The van der Waals surface area contributed by atoms with E-state index >= 15 is 0 Å². The molecule has 0 radical (unpaired) electrons. The molecular weight excluding hydrogens is 130 g/mol. The summed E-state index contributed by atoms with van der Waals surface area (Å²) in [6.07, 6.45) is -1.39. The Morgan fingerprint density at radius 1 is 2.00 bits per heavy atom. The van der Waals surface area contributed by atoms with Gasteiger partial charge in [0.05, 0.1) is 22.2 Å². The first-order valence-electron chi connectivity index (χ1n) is 5.81. The highest BCUT2D eigenvalue weighted by Crippen LogP contribution is 1.96. The average Bonchev–Trinajstić information content (AvgIpc) is 2.11. The van der Waals surface area contributed by atoms with Gasteiger partial charge in [0.1, 0.15) is 0 Å². The van der Waals surface area contributed by atoms with Crippen LogP contribution >= 0.6 is 0 Å². The third-order valence-corrected chi connectivity index (χ3v) is 0.764. The summed E-state index contributed by atoms with van der Waals surface area (Å²) >= 11 is 0. The van der Waals surface area contributed by atoms with Crippen molar-refractivity contribution in [2.75, 3.05) is 7.04 Å². The largest absolute Gasteiger partial charge is 0.465 e. The molecule has 0 saturated heterocycles. The number of methoxy groups -OCH3 is 1. The van der Waals surface area contributed by atoms with Crippen molar-refractivity contribution in [2.24, 2.45) is 0 Å². The summed E-state index contributed by atoms with van der Waals surface area (Å²) in [6.45, 7) is 0. The number of nitrogens with zero attached hydrogens (tertiary/aromatic N) is 1. The molecule has 52 valence electrons. The third-order valence-electron chi connectivity index (χ3n) is 0.764. The first-order chi connectivity index (χ1) is 7.63. The molecule has 10 heavy (non-hydrogen) atoms. The highest BCUT2D eigenvalue weighted by atomic mass is 16.5. The summed E-state index contributed by atoms with van der Waals surface area (Å²) in [4.78, 5) is 14.6. The van der Waals surface area contributed by atoms with Crippen LogP contribution in [-0.4, -0.2) is 18.0 Å². The Morgan fingerprint density at radius 3 is 3.70 bits per heavy atom. The van der Waals surface area contributed by atoms with Gasteiger partial charge in [-0.25, -0.2) is 4.79 Å². The van der Waals surface area contributed by atoms with Crippen molar-refractivity contribution >= 4 is 5.97 Å². The van der Waals surface area contributed by atoms with Crippen molar-refractivity contribution in [1.29, 1.82) is 0 Å². The van der Waals surface area contributed by atoms with Crippen molar-refractivity contribution in [3.05, 3.63) is 30.0 Å². The summed E-state index contributed by atoms with van der Waals surface area (Å²) < 4.78 is 53.1. The molecule has 0 bridgehead atoms. The summed E-state index contributed by atoms with van der Waals surface area (Å²) in [5.41, 5.74) is -0.734. The van der Waals surface area contributed by atoms with E-state index < -0.39 is 43.0 Å². The van der Waals surface area contributed by atoms with Crippen molar-refractivity contribution in [3.8, 4) is 0 Å². The summed E-state index contributed by atoms with van der Waals surface area (Å²) in [5, 5.41) is 0. The Kier molecular flexibility index (Phi) is 0.607. The molecule has 0 atom stereocenters. The molecule has 1 aromatic rings. The van der Waals surface area contributed by atoms with E-state index in [-0.39, 0.29) is 0 Å². The lowest BCUT2D eigenvalue weighted by molar-refractivity contribution is 0.0600. The second kappa shape index (κ2) is 2.96. The van der Waals surface area contributed by atoms with Crippen LogP contribution in [0.4, 0.5) is 0 Å². The molecule has 0 N–H and O–H groups in total. The Balaban J connectivity index is 3.24. The number of ether oxygens (including phenoxy) is 1. The molecule has 0 aliphatic carbocycles. The fraction of sp³-hybridized carbons (Fsp3) is 0.143.